The Balaban J connectivity index is 1.89. The van der Waals surface area contributed by atoms with Crippen LogP contribution in [0.15, 0.2) is 24.3 Å². The summed E-state index contributed by atoms with van der Waals surface area (Å²) in [5.74, 6) is 0.176. The fourth-order valence-corrected chi connectivity index (χ4v) is 2.97. The average molecular weight is 288 g/mol. The Kier molecular flexibility index (Phi) is 4.38. The monoisotopic (exact) mass is 288 g/mol. The van der Waals surface area contributed by atoms with Crippen LogP contribution in [-0.4, -0.2) is 32.4 Å². The topological polar surface area (TPSA) is 72.6 Å². The summed E-state index contributed by atoms with van der Waals surface area (Å²) in [6, 6.07) is 5.89. The minimum absolute atomic E-state index is 0.0790. The molecular formula is C12H17FN2O3S. The van der Waals surface area contributed by atoms with Gasteiger partial charge in [0.25, 0.3) is 10.2 Å². The third kappa shape index (κ3) is 4.15. The van der Waals surface area contributed by atoms with Crippen molar-refractivity contribution in [1.29, 1.82) is 0 Å². The number of piperidine rings is 1. The average Bonchev–Trinajstić information content (AvgIpc) is 2.36. The standard InChI is InChI=1S/C12H17FN2O3S/c13-11-4-1-5-12(7-11)18-9-10-3-2-6-15(8-10)19(14,16)17/h1,4-5,7,10H,2-3,6,8-9H2,(H2,14,16,17). The minimum Gasteiger partial charge on any atom is -0.493 e. The van der Waals surface area contributed by atoms with Crippen molar-refractivity contribution in [2.75, 3.05) is 19.7 Å². The molecule has 1 saturated heterocycles. The molecule has 0 bridgehead atoms. The number of rotatable bonds is 4. The van der Waals surface area contributed by atoms with Gasteiger partial charge in [0, 0.05) is 25.1 Å². The van der Waals surface area contributed by atoms with Gasteiger partial charge in [-0.25, -0.2) is 9.53 Å². The highest BCUT2D eigenvalue weighted by atomic mass is 32.2. The predicted octanol–water partition coefficient (Wildman–Crippen LogP) is 1.12. The van der Waals surface area contributed by atoms with Crippen LogP contribution < -0.4 is 9.88 Å². The van der Waals surface area contributed by atoms with E-state index < -0.39 is 10.2 Å². The largest absolute Gasteiger partial charge is 0.493 e. The normalized spacial score (nSPS) is 21.3. The highest BCUT2D eigenvalue weighted by molar-refractivity contribution is 7.86. The number of ether oxygens (including phenoxy) is 1. The fraction of sp³-hybridized carbons (Fsp3) is 0.500. The molecule has 1 aliphatic rings. The van der Waals surface area contributed by atoms with E-state index >= 15 is 0 Å². The van der Waals surface area contributed by atoms with Crippen LogP contribution in [0.25, 0.3) is 0 Å². The smallest absolute Gasteiger partial charge is 0.276 e. The lowest BCUT2D eigenvalue weighted by Gasteiger charge is -2.30. The van der Waals surface area contributed by atoms with Gasteiger partial charge in [-0.05, 0) is 25.0 Å². The first-order chi connectivity index (χ1) is 8.95. The Labute approximate surface area is 112 Å². The van der Waals surface area contributed by atoms with Gasteiger partial charge in [-0.1, -0.05) is 6.07 Å². The molecule has 2 rings (SSSR count). The van der Waals surface area contributed by atoms with Crippen molar-refractivity contribution < 1.29 is 17.5 Å². The van der Waals surface area contributed by atoms with Gasteiger partial charge >= 0.3 is 0 Å². The van der Waals surface area contributed by atoms with Crippen LogP contribution >= 0.6 is 0 Å². The van der Waals surface area contributed by atoms with E-state index in [9.17, 15) is 12.8 Å². The summed E-state index contributed by atoms with van der Waals surface area (Å²) < 4.78 is 42.2. The Morgan fingerprint density at radius 1 is 1.47 bits per heavy atom. The first-order valence-electron chi connectivity index (χ1n) is 6.11. The molecule has 0 aliphatic carbocycles. The van der Waals surface area contributed by atoms with Crippen molar-refractivity contribution in [2.24, 2.45) is 11.1 Å². The lowest BCUT2D eigenvalue weighted by atomic mass is 10.0. The molecule has 0 saturated carbocycles. The van der Waals surface area contributed by atoms with Gasteiger partial charge in [0.2, 0.25) is 0 Å². The number of nitrogens with two attached hydrogens (primary N) is 1. The molecule has 2 N–H and O–H groups in total. The molecule has 1 aliphatic heterocycles. The molecule has 1 aromatic carbocycles. The van der Waals surface area contributed by atoms with E-state index in [1.807, 2.05) is 0 Å². The second-order valence-electron chi connectivity index (χ2n) is 4.68. The van der Waals surface area contributed by atoms with Gasteiger partial charge in [0.05, 0.1) is 6.61 Å². The second-order valence-corrected chi connectivity index (χ2v) is 6.23. The van der Waals surface area contributed by atoms with Gasteiger partial charge in [-0.15, -0.1) is 0 Å². The SMILES string of the molecule is NS(=O)(=O)N1CCCC(COc2cccc(F)c2)C1. The quantitative estimate of drug-likeness (QED) is 0.902. The van der Waals surface area contributed by atoms with Crippen LogP contribution in [0.4, 0.5) is 4.39 Å². The van der Waals surface area contributed by atoms with Gasteiger partial charge in [0.15, 0.2) is 0 Å². The zero-order valence-electron chi connectivity index (χ0n) is 10.5. The zero-order valence-corrected chi connectivity index (χ0v) is 11.3. The highest BCUT2D eigenvalue weighted by Gasteiger charge is 2.26. The molecule has 1 unspecified atom stereocenters. The molecule has 1 atom stereocenters. The minimum atomic E-state index is -3.63. The number of nitrogens with zero attached hydrogens (tertiary/aromatic N) is 1. The van der Waals surface area contributed by atoms with Crippen LogP contribution in [0, 0.1) is 11.7 Å². The summed E-state index contributed by atoms with van der Waals surface area (Å²) >= 11 is 0. The van der Waals surface area contributed by atoms with Crippen LogP contribution in [0.5, 0.6) is 5.75 Å². The number of hydrogen-bond acceptors (Lipinski definition) is 3. The molecule has 7 heteroatoms. The summed E-state index contributed by atoms with van der Waals surface area (Å²) in [6.07, 6.45) is 1.63. The van der Waals surface area contributed by atoms with Crippen molar-refractivity contribution >= 4 is 10.2 Å². The van der Waals surface area contributed by atoms with Crippen LogP contribution in [0.2, 0.25) is 0 Å². The van der Waals surface area contributed by atoms with Gasteiger partial charge < -0.3 is 4.74 Å². The number of benzene rings is 1. The predicted molar refractivity (Wildman–Crippen MR) is 69.3 cm³/mol. The Bertz CT molecular complexity index is 536. The molecule has 0 spiro atoms. The molecular weight excluding hydrogens is 271 g/mol. The summed E-state index contributed by atoms with van der Waals surface area (Å²) in [7, 11) is -3.63. The fourth-order valence-electron chi connectivity index (χ4n) is 2.16. The van der Waals surface area contributed by atoms with Crippen molar-refractivity contribution in [3.63, 3.8) is 0 Å². The number of halogens is 1. The first-order valence-corrected chi connectivity index (χ1v) is 7.62. The zero-order chi connectivity index (χ0) is 13.9. The molecule has 106 valence electrons. The molecule has 0 aromatic heterocycles. The van der Waals surface area contributed by atoms with E-state index in [1.54, 1.807) is 12.1 Å². The van der Waals surface area contributed by atoms with Gasteiger partial charge in [0.1, 0.15) is 11.6 Å². The van der Waals surface area contributed by atoms with E-state index in [4.69, 9.17) is 9.88 Å². The maximum atomic E-state index is 13.0. The molecule has 1 fully saturated rings. The van der Waals surface area contributed by atoms with Crippen molar-refractivity contribution in [3.05, 3.63) is 30.1 Å². The van der Waals surface area contributed by atoms with Crippen LogP contribution in [0.3, 0.4) is 0 Å². The summed E-state index contributed by atoms with van der Waals surface area (Å²) in [4.78, 5) is 0. The van der Waals surface area contributed by atoms with E-state index in [-0.39, 0.29) is 11.7 Å². The maximum absolute atomic E-state index is 13.0. The molecule has 19 heavy (non-hydrogen) atoms. The Morgan fingerprint density at radius 3 is 2.95 bits per heavy atom. The van der Waals surface area contributed by atoms with E-state index in [1.165, 1.54) is 16.4 Å². The molecule has 0 radical (unpaired) electrons. The maximum Gasteiger partial charge on any atom is 0.276 e. The van der Waals surface area contributed by atoms with Gasteiger partial charge in [-0.2, -0.15) is 12.7 Å². The third-order valence-corrected chi connectivity index (χ3v) is 4.17. The van der Waals surface area contributed by atoms with Crippen molar-refractivity contribution in [1.82, 2.24) is 4.31 Å². The van der Waals surface area contributed by atoms with Crippen LogP contribution in [0.1, 0.15) is 12.8 Å². The van der Waals surface area contributed by atoms with Gasteiger partial charge in [-0.3, -0.25) is 0 Å². The summed E-state index contributed by atoms with van der Waals surface area (Å²) in [5, 5.41) is 5.11. The summed E-state index contributed by atoms with van der Waals surface area (Å²) in [5.41, 5.74) is 0. The summed E-state index contributed by atoms with van der Waals surface area (Å²) in [6.45, 7) is 1.17. The van der Waals surface area contributed by atoms with E-state index in [0.29, 0.717) is 25.4 Å². The Hall–Kier alpha value is -1.18. The van der Waals surface area contributed by atoms with E-state index in [2.05, 4.69) is 0 Å². The molecule has 5 nitrogen and oxygen atoms in total. The van der Waals surface area contributed by atoms with Crippen molar-refractivity contribution in [3.8, 4) is 5.75 Å². The third-order valence-electron chi connectivity index (χ3n) is 3.12. The molecule has 1 heterocycles. The lowest BCUT2D eigenvalue weighted by molar-refractivity contribution is 0.180. The van der Waals surface area contributed by atoms with Crippen LogP contribution in [-0.2, 0) is 10.2 Å². The Morgan fingerprint density at radius 2 is 2.26 bits per heavy atom. The molecule has 0 amide bonds. The highest BCUT2D eigenvalue weighted by Crippen LogP contribution is 2.20. The van der Waals surface area contributed by atoms with E-state index in [0.717, 1.165) is 12.8 Å². The lowest BCUT2D eigenvalue weighted by Crippen LogP contribution is -2.44. The number of hydrogen-bond donors (Lipinski definition) is 1. The second kappa shape index (κ2) is 5.85. The first kappa shape index (κ1) is 14.2. The van der Waals surface area contributed by atoms with Crippen molar-refractivity contribution in [2.45, 2.75) is 12.8 Å². The molecule has 1 aromatic rings.